The number of thiophene rings is 1. The molecule has 3 saturated carbocycles. The zero-order valence-corrected chi connectivity index (χ0v) is 26.1. The first-order valence-corrected chi connectivity index (χ1v) is 17.0. The number of allylic oxidation sites excluding steroid dienone is 4. The standard InChI is InChI=1S/C36H39F2NO4S/c1-32-11-7-23(40)19-34(32)14-15-36(25(20-34)30(41)22-5-6-26(37)27(38)18-22)28(32)8-12-33(2)29(36)9-13-35(33)21-39(31(42)43-35)16-10-24-4-3-17-44-24/h3-6,14-15,17-18,20,23,28-29,40H,7-13,16,19,21H2,1-2H3/t23-,28+,29+,32+,33-,34-,35+,36+/m0/s1. The first kappa shape index (κ1) is 28.6. The number of rotatable bonds is 5. The van der Waals surface area contributed by atoms with E-state index in [0.29, 0.717) is 25.1 Å². The number of ether oxygens (including phenoxy) is 1. The third-order valence-electron chi connectivity index (χ3n) is 13.3. The van der Waals surface area contributed by atoms with E-state index in [4.69, 9.17) is 4.74 Å². The third-order valence-corrected chi connectivity index (χ3v) is 14.2. The lowest BCUT2D eigenvalue weighted by molar-refractivity contribution is -0.164. The zero-order valence-electron chi connectivity index (χ0n) is 25.3. The Morgan fingerprint density at radius 1 is 1.05 bits per heavy atom. The number of fused-ring (bicyclic) bond motifs is 2. The minimum absolute atomic E-state index is 0.0255. The summed E-state index contributed by atoms with van der Waals surface area (Å²) in [5.41, 5.74) is -1.51. The third kappa shape index (κ3) is 3.53. The Morgan fingerprint density at radius 3 is 2.59 bits per heavy atom. The lowest BCUT2D eigenvalue weighted by Crippen LogP contribution is -2.67. The minimum Gasteiger partial charge on any atom is -0.440 e. The first-order valence-electron chi connectivity index (χ1n) is 16.1. The Labute approximate surface area is 261 Å². The van der Waals surface area contributed by atoms with Crippen molar-refractivity contribution < 1.29 is 28.2 Å². The Morgan fingerprint density at radius 2 is 1.82 bits per heavy atom. The van der Waals surface area contributed by atoms with Crippen molar-refractivity contribution in [2.24, 2.45) is 33.5 Å². The molecule has 0 radical (unpaired) electrons. The lowest BCUT2D eigenvalue weighted by atomic mass is 9.32. The second-order valence-corrected chi connectivity index (χ2v) is 15.9. The summed E-state index contributed by atoms with van der Waals surface area (Å²) in [6.07, 6.45) is 12.1. The number of Topliss-reactive ketones (excluding diaryl/α,β-unsaturated/α-hetero) is 1. The van der Waals surface area contributed by atoms with Crippen molar-refractivity contribution in [3.63, 3.8) is 0 Å². The molecule has 1 aliphatic heterocycles. The number of carbonyl (C=O) groups is 2. The topological polar surface area (TPSA) is 66.8 Å². The van der Waals surface area contributed by atoms with Gasteiger partial charge in [0.25, 0.3) is 0 Å². The molecule has 1 aromatic heterocycles. The molecular weight excluding hydrogens is 580 g/mol. The van der Waals surface area contributed by atoms with Crippen molar-refractivity contribution >= 4 is 23.2 Å². The largest absolute Gasteiger partial charge is 0.440 e. The average Bonchev–Trinajstić information content (AvgIpc) is 3.71. The molecule has 3 spiro atoms. The van der Waals surface area contributed by atoms with Crippen LogP contribution in [-0.2, 0) is 11.2 Å². The van der Waals surface area contributed by atoms with Crippen molar-refractivity contribution in [1.82, 2.24) is 4.90 Å². The van der Waals surface area contributed by atoms with Crippen LogP contribution in [0.3, 0.4) is 0 Å². The van der Waals surface area contributed by atoms with Gasteiger partial charge in [-0.05, 0) is 98.3 Å². The molecule has 232 valence electrons. The molecule has 1 amide bonds. The fraction of sp³-hybridized carbons (Fsp3) is 0.556. The quantitative estimate of drug-likeness (QED) is 0.278. The van der Waals surface area contributed by atoms with Crippen molar-refractivity contribution in [3.05, 3.63) is 81.6 Å². The number of benzene rings is 1. The van der Waals surface area contributed by atoms with Crippen LogP contribution < -0.4 is 0 Å². The van der Waals surface area contributed by atoms with Gasteiger partial charge >= 0.3 is 6.09 Å². The van der Waals surface area contributed by atoms with Crippen LogP contribution in [0.2, 0.25) is 0 Å². The average molecular weight is 620 g/mol. The molecule has 0 unspecified atom stereocenters. The number of aliphatic hydroxyl groups excluding tert-OH is 1. The van der Waals surface area contributed by atoms with Gasteiger partial charge in [0.2, 0.25) is 0 Å². The monoisotopic (exact) mass is 619 g/mol. The highest BCUT2D eigenvalue weighted by Gasteiger charge is 2.76. The minimum atomic E-state index is -1.04. The number of hydrogen-bond acceptors (Lipinski definition) is 5. The number of nitrogens with zero attached hydrogens (tertiary/aromatic N) is 1. The summed E-state index contributed by atoms with van der Waals surface area (Å²) in [6.45, 7) is 5.76. The molecule has 7 aliphatic rings. The van der Waals surface area contributed by atoms with Gasteiger partial charge in [-0.15, -0.1) is 11.3 Å². The second kappa shape index (κ2) is 9.35. The summed E-state index contributed by atoms with van der Waals surface area (Å²) in [6, 6.07) is 7.55. The van der Waals surface area contributed by atoms with Crippen LogP contribution in [0.15, 0.2) is 59.5 Å². The fourth-order valence-corrected chi connectivity index (χ4v) is 11.7. The van der Waals surface area contributed by atoms with E-state index in [2.05, 4.69) is 43.5 Å². The molecule has 1 saturated heterocycles. The Hall–Kier alpha value is -2.84. The molecule has 2 heterocycles. The molecule has 8 atom stereocenters. The molecule has 1 N–H and O–H groups in total. The number of halogens is 2. The SMILES string of the molecule is C[C@]12CC[C@H]3[C@]4(C=C[C@@]5(C=C4C(=O)c4ccc(F)c(F)c4)C[C@@H](O)CC[C@]35C)[C@@H]1CC[C@@]21CN(CCc2cccs2)C(=O)O1. The Kier molecular flexibility index (Phi) is 6.08. The first-order chi connectivity index (χ1) is 21.0. The van der Waals surface area contributed by atoms with Gasteiger partial charge in [-0.1, -0.05) is 38.1 Å². The van der Waals surface area contributed by atoms with Crippen molar-refractivity contribution in [2.45, 2.75) is 76.9 Å². The van der Waals surface area contributed by atoms with Crippen molar-refractivity contribution in [1.29, 1.82) is 0 Å². The van der Waals surface area contributed by atoms with Gasteiger partial charge in [-0.3, -0.25) is 4.79 Å². The highest BCUT2D eigenvalue weighted by atomic mass is 32.1. The van der Waals surface area contributed by atoms with E-state index in [1.165, 1.54) is 10.9 Å². The molecule has 4 fully saturated rings. The molecule has 1 aromatic carbocycles. The van der Waals surface area contributed by atoms with E-state index < -0.39 is 34.2 Å². The van der Waals surface area contributed by atoms with Gasteiger partial charge < -0.3 is 14.7 Å². The van der Waals surface area contributed by atoms with Crippen LogP contribution in [0.25, 0.3) is 0 Å². The predicted molar refractivity (Wildman–Crippen MR) is 163 cm³/mol. The predicted octanol–water partition coefficient (Wildman–Crippen LogP) is 7.50. The summed E-state index contributed by atoms with van der Waals surface area (Å²) in [5, 5.41) is 12.9. The molecule has 8 heteroatoms. The van der Waals surface area contributed by atoms with Crippen LogP contribution in [0.5, 0.6) is 0 Å². The zero-order chi connectivity index (χ0) is 30.7. The van der Waals surface area contributed by atoms with E-state index in [0.717, 1.165) is 57.1 Å². The van der Waals surface area contributed by atoms with Gasteiger partial charge in [0, 0.05) is 38.8 Å². The van der Waals surface area contributed by atoms with E-state index in [1.807, 2.05) is 11.0 Å². The van der Waals surface area contributed by atoms with E-state index in [1.54, 1.807) is 11.3 Å². The number of hydrogen-bond donors (Lipinski definition) is 1. The van der Waals surface area contributed by atoms with E-state index in [9.17, 15) is 23.5 Å². The molecule has 6 aliphatic carbocycles. The van der Waals surface area contributed by atoms with E-state index in [-0.39, 0.29) is 40.1 Å². The van der Waals surface area contributed by atoms with Crippen LogP contribution in [0.1, 0.15) is 74.0 Å². The molecule has 44 heavy (non-hydrogen) atoms. The molecule has 2 bridgehead atoms. The highest BCUT2D eigenvalue weighted by molar-refractivity contribution is 7.09. The van der Waals surface area contributed by atoms with Gasteiger partial charge in [-0.25, -0.2) is 13.6 Å². The summed E-state index contributed by atoms with van der Waals surface area (Å²) < 4.78 is 34.8. The summed E-state index contributed by atoms with van der Waals surface area (Å²) in [4.78, 5) is 31.0. The summed E-state index contributed by atoms with van der Waals surface area (Å²) >= 11 is 1.69. The van der Waals surface area contributed by atoms with Gasteiger partial charge in [0.1, 0.15) is 5.60 Å². The molecule has 9 rings (SSSR count). The van der Waals surface area contributed by atoms with Crippen molar-refractivity contribution in [3.8, 4) is 0 Å². The Bertz CT molecular complexity index is 1620. The Balaban J connectivity index is 1.22. The fourth-order valence-electron chi connectivity index (χ4n) is 11.0. The van der Waals surface area contributed by atoms with Crippen LogP contribution in [0, 0.1) is 45.1 Å². The van der Waals surface area contributed by atoms with Gasteiger partial charge in [-0.2, -0.15) is 0 Å². The smallest absolute Gasteiger partial charge is 0.410 e. The lowest BCUT2D eigenvalue weighted by Gasteiger charge is -2.71. The summed E-state index contributed by atoms with van der Waals surface area (Å²) in [5.74, 6) is -2.12. The highest BCUT2D eigenvalue weighted by Crippen LogP contribution is 2.79. The van der Waals surface area contributed by atoms with Gasteiger partial charge in [0.15, 0.2) is 17.4 Å². The molecule has 5 nitrogen and oxygen atoms in total. The van der Waals surface area contributed by atoms with Crippen LogP contribution >= 0.6 is 11.3 Å². The van der Waals surface area contributed by atoms with Crippen molar-refractivity contribution in [2.75, 3.05) is 13.1 Å². The molecule has 2 aromatic rings. The number of amides is 1. The maximum Gasteiger partial charge on any atom is 0.410 e. The number of carbonyl (C=O) groups excluding carboxylic acids is 2. The normalized spacial score (nSPS) is 41.8. The number of ketones is 1. The van der Waals surface area contributed by atoms with Crippen LogP contribution in [-0.4, -0.2) is 46.7 Å². The summed E-state index contributed by atoms with van der Waals surface area (Å²) in [7, 11) is 0. The second-order valence-electron chi connectivity index (χ2n) is 14.8. The number of aliphatic hydroxyl groups is 1. The van der Waals surface area contributed by atoms with E-state index >= 15 is 0 Å². The van der Waals surface area contributed by atoms with Crippen LogP contribution in [0.4, 0.5) is 13.6 Å². The maximum atomic E-state index is 14.5. The molecular formula is C36H39F2NO4S. The van der Waals surface area contributed by atoms with Gasteiger partial charge in [0.05, 0.1) is 12.6 Å². The maximum absolute atomic E-state index is 14.5.